The van der Waals surface area contributed by atoms with Crippen LogP contribution in [0.3, 0.4) is 0 Å². The van der Waals surface area contributed by atoms with Crippen LogP contribution in [-0.4, -0.2) is 30.1 Å². The maximum Gasteiger partial charge on any atom is 0.250 e. The van der Waals surface area contributed by atoms with Crippen LogP contribution in [0.2, 0.25) is 0 Å². The lowest BCUT2D eigenvalue weighted by molar-refractivity contribution is 0.202. The molecular formula is C16H26NO3P. The second kappa shape index (κ2) is 7.98. The van der Waals surface area contributed by atoms with Crippen molar-refractivity contribution in [3.8, 4) is 5.75 Å². The molecule has 1 saturated carbocycles. The Bertz CT molecular complexity index is 460. The first-order chi connectivity index (χ1) is 10.1. The standard InChI is InChI=1S/C16H26NO3P/c17-11-15(18)13-21(19,12-14-7-3-1-4-8-14)20-16-9-5-2-6-10-16/h2,5-6,9-10,14-15,18H,1,3-4,7-8,11-13,17H2/t15-,21?/m0/s1. The van der Waals surface area contributed by atoms with Crippen molar-refractivity contribution >= 4 is 7.37 Å². The van der Waals surface area contributed by atoms with Crippen molar-refractivity contribution in [1.29, 1.82) is 0 Å². The first-order valence-corrected chi connectivity index (χ1v) is 9.82. The number of para-hydroxylation sites is 1. The Morgan fingerprint density at radius 1 is 1.24 bits per heavy atom. The number of hydrogen-bond donors (Lipinski definition) is 2. The van der Waals surface area contributed by atoms with Gasteiger partial charge in [-0.1, -0.05) is 37.5 Å². The molecule has 0 bridgehead atoms. The fourth-order valence-electron chi connectivity index (χ4n) is 2.98. The summed E-state index contributed by atoms with van der Waals surface area (Å²) < 4.78 is 19.0. The third kappa shape index (κ3) is 5.46. The Hall–Kier alpha value is -0.830. The third-order valence-corrected chi connectivity index (χ3v) is 6.63. The average molecular weight is 311 g/mol. The van der Waals surface area contributed by atoms with Crippen LogP contribution in [-0.2, 0) is 4.57 Å². The molecule has 118 valence electrons. The molecule has 2 rings (SSSR count). The molecule has 0 amide bonds. The molecule has 1 fully saturated rings. The van der Waals surface area contributed by atoms with E-state index in [1.807, 2.05) is 30.3 Å². The fourth-order valence-corrected chi connectivity index (χ4v) is 5.73. The minimum absolute atomic E-state index is 0.118. The molecule has 0 aromatic heterocycles. The summed E-state index contributed by atoms with van der Waals surface area (Å²) in [5.41, 5.74) is 5.48. The number of nitrogens with two attached hydrogens (primary N) is 1. The van der Waals surface area contributed by atoms with Gasteiger partial charge >= 0.3 is 0 Å². The van der Waals surface area contributed by atoms with Gasteiger partial charge in [-0.25, -0.2) is 0 Å². The van der Waals surface area contributed by atoms with Crippen LogP contribution in [0.1, 0.15) is 32.1 Å². The Labute approximate surface area is 127 Å². The van der Waals surface area contributed by atoms with Gasteiger partial charge in [-0.05, 0) is 30.9 Å². The van der Waals surface area contributed by atoms with Gasteiger partial charge in [0.25, 0.3) is 7.37 Å². The molecule has 4 nitrogen and oxygen atoms in total. The van der Waals surface area contributed by atoms with Crippen LogP contribution in [0.25, 0.3) is 0 Å². The Kier molecular flexibility index (Phi) is 6.28. The predicted molar refractivity (Wildman–Crippen MR) is 86.0 cm³/mol. The molecule has 1 aliphatic carbocycles. The van der Waals surface area contributed by atoms with E-state index in [1.54, 1.807) is 0 Å². The van der Waals surface area contributed by atoms with Gasteiger partial charge in [0.05, 0.1) is 12.3 Å². The van der Waals surface area contributed by atoms with Gasteiger partial charge in [-0.2, -0.15) is 0 Å². The van der Waals surface area contributed by atoms with E-state index in [4.69, 9.17) is 10.3 Å². The molecule has 5 heteroatoms. The summed E-state index contributed by atoms with van der Waals surface area (Å²) in [6, 6.07) is 9.23. The first kappa shape index (κ1) is 16.5. The molecule has 0 spiro atoms. The molecule has 0 aliphatic heterocycles. The molecule has 2 atom stereocenters. The molecule has 1 aliphatic rings. The smallest absolute Gasteiger partial charge is 0.250 e. The van der Waals surface area contributed by atoms with Gasteiger partial charge in [0, 0.05) is 12.7 Å². The van der Waals surface area contributed by atoms with E-state index in [1.165, 1.54) is 19.3 Å². The molecule has 1 aromatic carbocycles. The number of rotatable bonds is 7. The van der Waals surface area contributed by atoms with Gasteiger partial charge < -0.3 is 15.4 Å². The third-order valence-electron chi connectivity index (χ3n) is 4.04. The van der Waals surface area contributed by atoms with Crippen molar-refractivity contribution in [3.05, 3.63) is 30.3 Å². The van der Waals surface area contributed by atoms with Crippen LogP contribution in [0, 0.1) is 5.92 Å². The maximum atomic E-state index is 13.2. The lowest BCUT2D eigenvalue weighted by atomic mass is 9.91. The zero-order valence-corrected chi connectivity index (χ0v) is 13.4. The first-order valence-electron chi connectivity index (χ1n) is 7.82. The Balaban J connectivity index is 2.07. The largest absolute Gasteiger partial charge is 0.443 e. The van der Waals surface area contributed by atoms with Crippen molar-refractivity contribution in [1.82, 2.24) is 0 Å². The topological polar surface area (TPSA) is 72.5 Å². The van der Waals surface area contributed by atoms with E-state index < -0.39 is 13.5 Å². The molecule has 0 radical (unpaired) electrons. The number of hydrogen-bond acceptors (Lipinski definition) is 4. The summed E-state index contributed by atoms with van der Waals surface area (Å²) in [4.78, 5) is 0. The number of aliphatic hydroxyl groups excluding tert-OH is 1. The quantitative estimate of drug-likeness (QED) is 0.758. The van der Waals surface area contributed by atoms with Crippen LogP contribution < -0.4 is 10.3 Å². The zero-order valence-electron chi connectivity index (χ0n) is 12.5. The van der Waals surface area contributed by atoms with Crippen LogP contribution in [0.4, 0.5) is 0 Å². The molecular weight excluding hydrogens is 285 g/mol. The summed E-state index contributed by atoms with van der Waals surface area (Å²) in [6.45, 7) is 0.118. The van der Waals surface area contributed by atoms with Gasteiger partial charge in [-0.3, -0.25) is 4.57 Å². The second-order valence-electron chi connectivity index (χ2n) is 5.98. The molecule has 3 N–H and O–H groups in total. The van der Waals surface area contributed by atoms with Crippen molar-refractivity contribution in [3.63, 3.8) is 0 Å². The summed E-state index contributed by atoms with van der Waals surface area (Å²) in [5.74, 6) is 1.05. The highest BCUT2D eigenvalue weighted by atomic mass is 31.2. The Morgan fingerprint density at radius 3 is 2.52 bits per heavy atom. The van der Waals surface area contributed by atoms with Crippen molar-refractivity contribution in [2.24, 2.45) is 11.7 Å². The summed E-state index contributed by atoms with van der Waals surface area (Å²) in [5, 5.41) is 9.82. The van der Waals surface area contributed by atoms with E-state index in [9.17, 15) is 9.67 Å². The highest BCUT2D eigenvalue weighted by Gasteiger charge is 2.32. The molecule has 21 heavy (non-hydrogen) atoms. The Morgan fingerprint density at radius 2 is 1.90 bits per heavy atom. The van der Waals surface area contributed by atoms with Gasteiger partial charge in [-0.15, -0.1) is 0 Å². The van der Waals surface area contributed by atoms with Gasteiger partial charge in [0.15, 0.2) is 0 Å². The minimum atomic E-state index is -2.91. The maximum absolute atomic E-state index is 13.2. The van der Waals surface area contributed by atoms with E-state index >= 15 is 0 Å². The number of aliphatic hydroxyl groups is 1. The van der Waals surface area contributed by atoms with Gasteiger partial charge in [0.2, 0.25) is 0 Å². The second-order valence-corrected chi connectivity index (χ2v) is 8.52. The van der Waals surface area contributed by atoms with Gasteiger partial charge in [0.1, 0.15) is 5.75 Å². The monoisotopic (exact) mass is 311 g/mol. The van der Waals surface area contributed by atoms with Crippen LogP contribution >= 0.6 is 7.37 Å². The molecule has 1 unspecified atom stereocenters. The molecule has 0 heterocycles. The summed E-state index contributed by atoms with van der Waals surface area (Å²) in [6.07, 6.45) is 5.84. The lowest BCUT2D eigenvalue weighted by Gasteiger charge is -2.28. The molecule has 0 saturated heterocycles. The normalized spacial score (nSPS) is 20.7. The SMILES string of the molecule is NC[C@H](O)CP(=O)(CC1CCCCC1)Oc1ccccc1. The van der Waals surface area contributed by atoms with Crippen molar-refractivity contribution in [2.75, 3.05) is 18.9 Å². The van der Waals surface area contributed by atoms with E-state index in [2.05, 4.69) is 0 Å². The highest BCUT2D eigenvalue weighted by molar-refractivity contribution is 7.59. The summed E-state index contributed by atoms with van der Waals surface area (Å²) in [7, 11) is -2.91. The van der Waals surface area contributed by atoms with E-state index in [-0.39, 0.29) is 12.7 Å². The average Bonchev–Trinajstić information content (AvgIpc) is 2.48. The summed E-state index contributed by atoms with van der Waals surface area (Å²) >= 11 is 0. The van der Waals surface area contributed by atoms with E-state index in [0.717, 1.165) is 12.8 Å². The van der Waals surface area contributed by atoms with Crippen LogP contribution in [0.15, 0.2) is 30.3 Å². The van der Waals surface area contributed by atoms with Crippen LogP contribution in [0.5, 0.6) is 5.75 Å². The fraction of sp³-hybridized carbons (Fsp3) is 0.625. The van der Waals surface area contributed by atoms with E-state index in [0.29, 0.717) is 17.8 Å². The zero-order chi connectivity index (χ0) is 15.1. The highest BCUT2D eigenvalue weighted by Crippen LogP contribution is 2.51. The van der Waals surface area contributed by atoms with Crippen molar-refractivity contribution in [2.45, 2.75) is 38.2 Å². The lowest BCUT2D eigenvalue weighted by Crippen LogP contribution is -2.27. The minimum Gasteiger partial charge on any atom is -0.443 e. The molecule has 1 aromatic rings. The number of benzene rings is 1. The predicted octanol–water partition coefficient (Wildman–Crippen LogP) is 3.24. The van der Waals surface area contributed by atoms with Crippen molar-refractivity contribution < 1.29 is 14.2 Å².